The van der Waals surface area contributed by atoms with E-state index in [1.54, 1.807) is 6.92 Å². The highest BCUT2D eigenvalue weighted by atomic mass is 19.4. The Balaban J connectivity index is 2.22. The number of nitrogens with zero attached hydrogens (tertiary/aromatic N) is 1. The number of hydrogen-bond acceptors (Lipinski definition) is 2. The first kappa shape index (κ1) is 18.2. The highest BCUT2D eigenvalue weighted by Crippen LogP contribution is 2.30. The monoisotopic (exact) mass is 346 g/mol. The van der Waals surface area contributed by atoms with Crippen LogP contribution in [0.4, 0.5) is 17.6 Å². The molecule has 8 heteroatoms. The summed E-state index contributed by atoms with van der Waals surface area (Å²) >= 11 is 0. The molecule has 1 aliphatic rings. The van der Waals surface area contributed by atoms with Crippen molar-refractivity contribution in [1.29, 1.82) is 0 Å². The molecular formula is C16H18F4N2O2. The van der Waals surface area contributed by atoms with E-state index in [0.29, 0.717) is 18.5 Å². The van der Waals surface area contributed by atoms with Gasteiger partial charge in [0.25, 0.3) is 0 Å². The van der Waals surface area contributed by atoms with Crippen molar-refractivity contribution in [3.8, 4) is 0 Å². The van der Waals surface area contributed by atoms with Gasteiger partial charge in [0.1, 0.15) is 5.82 Å². The van der Waals surface area contributed by atoms with Gasteiger partial charge in [0, 0.05) is 25.4 Å². The predicted molar refractivity (Wildman–Crippen MR) is 78.6 cm³/mol. The Labute approximate surface area is 136 Å². The summed E-state index contributed by atoms with van der Waals surface area (Å²) < 4.78 is 50.8. The van der Waals surface area contributed by atoms with E-state index in [1.165, 1.54) is 29.2 Å². The molecule has 4 nitrogen and oxygen atoms in total. The molecule has 1 saturated heterocycles. The van der Waals surface area contributed by atoms with Crippen LogP contribution in [0.25, 0.3) is 0 Å². The van der Waals surface area contributed by atoms with Crippen molar-refractivity contribution in [2.45, 2.75) is 37.9 Å². The molecule has 0 aromatic heterocycles. The summed E-state index contributed by atoms with van der Waals surface area (Å²) in [5.74, 6) is -3.09. The Bertz CT molecular complexity index is 601. The summed E-state index contributed by atoms with van der Waals surface area (Å²) in [5.41, 5.74) is 0.632. The minimum absolute atomic E-state index is 0.00344. The molecule has 132 valence electrons. The molecule has 1 aromatic carbocycles. The zero-order valence-electron chi connectivity index (χ0n) is 13.1. The molecule has 0 radical (unpaired) electrons. The molecule has 0 unspecified atom stereocenters. The zero-order chi connectivity index (χ0) is 17.9. The average molecular weight is 346 g/mol. The SMILES string of the molecule is CCC(=O)N1CC[C@@H](c2ccc(F)cc2)[C@@H](NC(=O)C(F)(F)F)C1. The van der Waals surface area contributed by atoms with Crippen LogP contribution in [-0.2, 0) is 9.59 Å². The van der Waals surface area contributed by atoms with Crippen LogP contribution in [0.5, 0.6) is 0 Å². The minimum atomic E-state index is -5.00. The van der Waals surface area contributed by atoms with Crippen molar-refractivity contribution in [3.63, 3.8) is 0 Å². The van der Waals surface area contributed by atoms with E-state index in [4.69, 9.17) is 0 Å². The third-order valence-electron chi connectivity index (χ3n) is 4.14. The summed E-state index contributed by atoms with van der Waals surface area (Å²) in [4.78, 5) is 24.6. The molecule has 2 atom stereocenters. The lowest BCUT2D eigenvalue weighted by atomic mass is 9.85. The highest BCUT2D eigenvalue weighted by Gasteiger charge is 2.42. The number of alkyl halides is 3. The molecule has 0 saturated carbocycles. The first-order valence-electron chi connectivity index (χ1n) is 7.63. The van der Waals surface area contributed by atoms with Crippen LogP contribution in [0, 0.1) is 5.82 Å². The average Bonchev–Trinajstić information content (AvgIpc) is 2.54. The molecule has 2 rings (SSSR count). The van der Waals surface area contributed by atoms with Crippen molar-refractivity contribution in [3.05, 3.63) is 35.6 Å². The Hall–Kier alpha value is -2.12. The fourth-order valence-corrected chi connectivity index (χ4v) is 2.91. The molecule has 0 bridgehead atoms. The minimum Gasteiger partial charge on any atom is -0.343 e. The Morgan fingerprint density at radius 3 is 2.42 bits per heavy atom. The first-order chi connectivity index (χ1) is 11.2. The van der Waals surface area contributed by atoms with Gasteiger partial charge in [-0.15, -0.1) is 0 Å². The second-order valence-electron chi connectivity index (χ2n) is 5.72. The highest BCUT2D eigenvalue weighted by molar-refractivity contribution is 5.82. The van der Waals surface area contributed by atoms with E-state index in [0.717, 1.165) is 0 Å². The van der Waals surface area contributed by atoms with Gasteiger partial charge in [0.2, 0.25) is 5.91 Å². The van der Waals surface area contributed by atoms with E-state index < -0.39 is 29.9 Å². The van der Waals surface area contributed by atoms with Gasteiger partial charge in [0.15, 0.2) is 0 Å². The van der Waals surface area contributed by atoms with Crippen LogP contribution in [0.1, 0.15) is 31.2 Å². The second kappa shape index (κ2) is 7.19. The number of likely N-dealkylation sites (tertiary alicyclic amines) is 1. The van der Waals surface area contributed by atoms with Crippen LogP contribution in [0.15, 0.2) is 24.3 Å². The van der Waals surface area contributed by atoms with Crippen molar-refractivity contribution in [2.24, 2.45) is 0 Å². The summed E-state index contributed by atoms with van der Waals surface area (Å²) in [5, 5.41) is 1.98. The first-order valence-corrected chi connectivity index (χ1v) is 7.63. The number of hydrogen-bond donors (Lipinski definition) is 1. The third-order valence-corrected chi connectivity index (χ3v) is 4.14. The van der Waals surface area contributed by atoms with E-state index in [-0.39, 0.29) is 18.9 Å². The van der Waals surface area contributed by atoms with Crippen LogP contribution in [-0.4, -0.2) is 42.0 Å². The maximum absolute atomic E-state index is 13.1. The van der Waals surface area contributed by atoms with Crippen LogP contribution >= 0.6 is 0 Å². The number of carbonyl (C=O) groups is 2. The van der Waals surface area contributed by atoms with Crippen LogP contribution < -0.4 is 5.32 Å². The number of halogens is 4. The fraction of sp³-hybridized carbons (Fsp3) is 0.500. The van der Waals surface area contributed by atoms with Gasteiger partial charge in [-0.25, -0.2) is 4.39 Å². The molecule has 1 aromatic rings. The lowest BCUT2D eigenvalue weighted by Gasteiger charge is -2.39. The number of rotatable bonds is 3. The van der Waals surface area contributed by atoms with E-state index in [2.05, 4.69) is 0 Å². The molecule has 0 aliphatic carbocycles. The zero-order valence-corrected chi connectivity index (χ0v) is 13.1. The normalized spacial score (nSPS) is 21.5. The molecule has 1 fully saturated rings. The van der Waals surface area contributed by atoms with Crippen molar-refractivity contribution in [2.75, 3.05) is 13.1 Å². The maximum Gasteiger partial charge on any atom is 0.471 e. The number of carbonyl (C=O) groups excluding carboxylic acids is 2. The Morgan fingerprint density at radius 2 is 1.88 bits per heavy atom. The Morgan fingerprint density at radius 1 is 1.25 bits per heavy atom. The molecular weight excluding hydrogens is 328 g/mol. The topological polar surface area (TPSA) is 49.4 Å². The Kier molecular flexibility index (Phi) is 5.46. The summed E-state index contributed by atoms with van der Waals surface area (Å²) in [7, 11) is 0. The lowest BCUT2D eigenvalue weighted by Crippen LogP contribution is -2.55. The van der Waals surface area contributed by atoms with Gasteiger partial charge < -0.3 is 10.2 Å². The summed E-state index contributed by atoms with van der Waals surface area (Å²) in [6, 6.07) is 4.55. The standard InChI is InChI=1S/C16H18F4N2O2/c1-2-14(23)22-8-7-12(10-3-5-11(17)6-4-10)13(9-22)21-15(24)16(18,19)20/h3-6,12-13H,2,7-9H2,1H3,(H,21,24)/t12-,13-/m0/s1. The van der Waals surface area contributed by atoms with Crippen LogP contribution in [0.2, 0.25) is 0 Å². The largest absolute Gasteiger partial charge is 0.471 e. The number of benzene rings is 1. The van der Waals surface area contributed by atoms with Gasteiger partial charge in [-0.1, -0.05) is 19.1 Å². The molecule has 1 aliphatic heterocycles. The van der Waals surface area contributed by atoms with Crippen molar-refractivity contribution >= 4 is 11.8 Å². The molecule has 24 heavy (non-hydrogen) atoms. The quantitative estimate of drug-likeness (QED) is 0.856. The van der Waals surface area contributed by atoms with Gasteiger partial charge in [-0.05, 0) is 24.1 Å². The smallest absolute Gasteiger partial charge is 0.343 e. The van der Waals surface area contributed by atoms with E-state index >= 15 is 0 Å². The number of nitrogens with one attached hydrogen (secondary N) is 1. The third kappa shape index (κ3) is 4.24. The van der Waals surface area contributed by atoms with Gasteiger partial charge in [-0.2, -0.15) is 13.2 Å². The summed E-state index contributed by atoms with van der Waals surface area (Å²) in [6.45, 7) is 2.04. The summed E-state index contributed by atoms with van der Waals surface area (Å²) in [6.07, 6.45) is -4.37. The molecule has 1 N–H and O–H groups in total. The van der Waals surface area contributed by atoms with Gasteiger partial charge in [-0.3, -0.25) is 9.59 Å². The van der Waals surface area contributed by atoms with Gasteiger partial charge in [0.05, 0.1) is 6.04 Å². The van der Waals surface area contributed by atoms with E-state index in [9.17, 15) is 27.2 Å². The maximum atomic E-state index is 13.1. The molecule has 2 amide bonds. The van der Waals surface area contributed by atoms with Crippen molar-refractivity contribution < 1.29 is 27.2 Å². The predicted octanol–water partition coefficient (Wildman–Crippen LogP) is 2.60. The van der Waals surface area contributed by atoms with Gasteiger partial charge >= 0.3 is 12.1 Å². The fourth-order valence-electron chi connectivity index (χ4n) is 2.91. The van der Waals surface area contributed by atoms with Crippen molar-refractivity contribution in [1.82, 2.24) is 10.2 Å². The molecule has 0 spiro atoms. The number of amides is 2. The van der Waals surface area contributed by atoms with Crippen LogP contribution in [0.3, 0.4) is 0 Å². The molecule has 1 heterocycles. The van der Waals surface area contributed by atoms with E-state index in [1.807, 2.05) is 5.32 Å². The lowest BCUT2D eigenvalue weighted by molar-refractivity contribution is -0.175. The number of piperidine rings is 1. The second-order valence-corrected chi connectivity index (χ2v) is 5.72.